The molecule has 4 amide bonds. The molecule has 1 saturated carbocycles. The van der Waals surface area contributed by atoms with Crippen molar-refractivity contribution in [2.75, 3.05) is 10.6 Å². The van der Waals surface area contributed by atoms with Gasteiger partial charge in [-0.3, -0.25) is 14.9 Å². The lowest BCUT2D eigenvalue weighted by atomic mass is 9.96. The lowest BCUT2D eigenvalue weighted by molar-refractivity contribution is -0.120. The number of anilines is 2. The maximum Gasteiger partial charge on any atom is 0.321 e. The second-order valence-corrected chi connectivity index (χ2v) is 8.14. The third kappa shape index (κ3) is 7.00. The highest BCUT2D eigenvalue weighted by molar-refractivity contribution is 6.30. The first-order valence-electron chi connectivity index (χ1n) is 10.5. The summed E-state index contributed by atoms with van der Waals surface area (Å²) in [6.07, 6.45) is 5.32. The highest BCUT2D eigenvalue weighted by Gasteiger charge is 2.19. The molecule has 2 aromatic carbocycles. The van der Waals surface area contributed by atoms with Crippen LogP contribution >= 0.6 is 11.6 Å². The molecule has 0 heterocycles. The minimum atomic E-state index is -0.605. The maximum absolute atomic E-state index is 12.3. The fourth-order valence-electron chi connectivity index (χ4n) is 3.46. The zero-order valence-electron chi connectivity index (χ0n) is 17.4. The van der Waals surface area contributed by atoms with Crippen LogP contribution in [-0.4, -0.2) is 29.9 Å². The van der Waals surface area contributed by atoms with E-state index in [1.54, 1.807) is 55.5 Å². The predicted octanol–water partition coefficient (Wildman–Crippen LogP) is 4.55. The molecule has 1 aliphatic rings. The second kappa shape index (κ2) is 10.8. The van der Waals surface area contributed by atoms with E-state index < -0.39 is 18.0 Å². The van der Waals surface area contributed by atoms with Crippen LogP contribution < -0.4 is 21.3 Å². The molecule has 0 bridgehead atoms. The van der Waals surface area contributed by atoms with E-state index >= 15 is 0 Å². The van der Waals surface area contributed by atoms with Crippen LogP contribution in [0.5, 0.6) is 0 Å². The average Bonchev–Trinajstić information content (AvgIpc) is 2.76. The van der Waals surface area contributed by atoms with Gasteiger partial charge in [0, 0.05) is 28.0 Å². The van der Waals surface area contributed by atoms with Crippen molar-refractivity contribution in [2.24, 2.45) is 0 Å². The van der Waals surface area contributed by atoms with E-state index in [4.69, 9.17) is 11.6 Å². The van der Waals surface area contributed by atoms with E-state index in [2.05, 4.69) is 21.3 Å². The largest absolute Gasteiger partial charge is 0.374 e. The van der Waals surface area contributed by atoms with Crippen LogP contribution in [0.2, 0.25) is 5.02 Å². The summed E-state index contributed by atoms with van der Waals surface area (Å²) < 4.78 is 0. The third-order valence-corrected chi connectivity index (χ3v) is 5.45. The van der Waals surface area contributed by atoms with Gasteiger partial charge in [0.15, 0.2) is 0 Å². The molecule has 0 spiro atoms. The Morgan fingerprint density at radius 2 is 1.52 bits per heavy atom. The van der Waals surface area contributed by atoms with Crippen molar-refractivity contribution in [2.45, 2.75) is 51.1 Å². The van der Waals surface area contributed by atoms with Crippen LogP contribution in [0.4, 0.5) is 16.2 Å². The van der Waals surface area contributed by atoms with Gasteiger partial charge in [-0.25, -0.2) is 4.79 Å². The van der Waals surface area contributed by atoms with E-state index in [0.717, 1.165) is 25.7 Å². The molecule has 0 aromatic heterocycles. The first kappa shape index (κ1) is 22.6. The molecule has 4 N–H and O–H groups in total. The van der Waals surface area contributed by atoms with Gasteiger partial charge in [-0.15, -0.1) is 0 Å². The number of carbonyl (C=O) groups is 3. The normalized spacial score (nSPS) is 14.9. The molecule has 2 aromatic rings. The fraction of sp³-hybridized carbons (Fsp3) is 0.348. The van der Waals surface area contributed by atoms with Gasteiger partial charge in [-0.1, -0.05) is 30.9 Å². The number of hydrogen-bond donors (Lipinski definition) is 4. The van der Waals surface area contributed by atoms with Crippen LogP contribution in [0.25, 0.3) is 0 Å². The summed E-state index contributed by atoms with van der Waals surface area (Å²) >= 11 is 5.84. The Morgan fingerprint density at radius 1 is 0.903 bits per heavy atom. The molecule has 1 aliphatic carbocycles. The summed E-state index contributed by atoms with van der Waals surface area (Å²) in [6.45, 7) is 1.68. The number of rotatable bonds is 6. The van der Waals surface area contributed by atoms with Crippen LogP contribution in [0.3, 0.4) is 0 Å². The number of urea groups is 1. The number of imide groups is 1. The zero-order chi connectivity index (χ0) is 22.2. The number of hydrogen-bond acceptors (Lipinski definition) is 4. The van der Waals surface area contributed by atoms with Crippen LogP contribution in [0.1, 0.15) is 49.4 Å². The van der Waals surface area contributed by atoms with E-state index in [-0.39, 0.29) is 11.9 Å². The van der Waals surface area contributed by atoms with E-state index in [1.807, 2.05) is 0 Å². The van der Waals surface area contributed by atoms with E-state index in [9.17, 15) is 14.4 Å². The van der Waals surface area contributed by atoms with Crippen LogP contribution in [-0.2, 0) is 4.79 Å². The molecule has 7 nitrogen and oxygen atoms in total. The summed E-state index contributed by atoms with van der Waals surface area (Å²) in [5.74, 6) is -0.650. The van der Waals surface area contributed by atoms with Gasteiger partial charge in [0.1, 0.15) is 6.04 Å². The Kier molecular flexibility index (Phi) is 7.89. The first-order valence-corrected chi connectivity index (χ1v) is 10.8. The number of nitrogens with one attached hydrogen (secondary N) is 4. The standard InChI is InChI=1S/C23H27ClN4O3/c1-15(21(29)28-23(31)27-18-5-3-2-4-6-18)25-19-11-13-20(14-12-19)26-22(30)16-7-9-17(24)10-8-16/h7-15,18,25H,2-6H2,1H3,(H,26,30)(H2,27,28,29,31). The first-order chi connectivity index (χ1) is 14.9. The smallest absolute Gasteiger partial charge is 0.321 e. The minimum absolute atomic E-state index is 0.139. The molecule has 31 heavy (non-hydrogen) atoms. The number of carbonyl (C=O) groups excluding carboxylic acids is 3. The molecule has 1 unspecified atom stereocenters. The van der Waals surface area contributed by atoms with Crippen molar-refractivity contribution in [1.29, 1.82) is 0 Å². The van der Waals surface area contributed by atoms with Crippen molar-refractivity contribution in [1.82, 2.24) is 10.6 Å². The Morgan fingerprint density at radius 3 is 2.16 bits per heavy atom. The topological polar surface area (TPSA) is 99.3 Å². The lowest BCUT2D eigenvalue weighted by Gasteiger charge is -2.23. The van der Waals surface area contributed by atoms with Gasteiger partial charge >= 0.3 is 6.03 Å². The number of halogens is 1. The van der Waals surface area contributed by atoms with Gasteiger partial charge in [-0.05, 0) is 68.3 Å². The van der Waals surface area contributed by atoms with Crippen molar-refractivity contribution >= 4 is 40.8 Å². The number of amides is 4. The summed E-state index contributed by atoms with van der Waals surface area (Å²) in [5.41, 5.74) is 1.82. The summed E-state index contributed by atoms with van der Waals surface area (Å²) in [5, 5.41) is 11.7. The molecular weight excluding hydrogens is 416 g/mol. The van der Waals surface area contributed by atoms with Crippen molar-refractivity contribution in [3.8, 4) is 0 Å². The highest BCUT2D eigenvalue weighted by atomic mass is 35.5. The Labute approximate surface area is 186 Å². The molecule has 164 valence electrons. The molecule has 3 rings (SSSR count). The Balaban J connectivity index is 1.46. The SMILES string of the molecule is CC(Nc1ccc(NC(=O)c2ccc(Cl)cc2)cc1)C(=O)NC(=O)NC1CCCCC1. The number of benzene rings is 2. The fourth-order valence-corrected chi connectivity index (χ4v) is 3.58. The minimum Gasteiger partial charge on any atom is -0.374 e. The van der Waals surface area contributed by atoms with Gasteiger partial charge in [-0.2, -0.15) is 0 Å². The highest BCUT2D eigenvalue weighted by Crippen LogP contribution is 2.18. The zero-order valence-corrected chi connectivity index (χ0v) is 18.2. The molecule has 1 atom stereocenters. The molecule has 0 radical (unpaired) electrons. The Bertz CT molecular complexity index is 909. The molecule has 0 saturated heterocycles. The van der Waals surface area contributed by atoms with Crippen LogP contribution in [0.15, 0.2) is 48.5 Å². The van der Waals surface area contributed by atoms with Crippen molar-refractivity contribution < 1.29 is 14.4 Å². The lowest BCUT2D eigenvalue weighted by Crippen LogP contribution is -2.49. The summed E-state index contributed by atoms with van der Waals surface area (Å²) in [6, 6.07) is 12.7. The molecule has 1 fully saturated rings. The van der Waals surface area contributed by atoms with E-state index in [1.165, 1.54) is 6.42 Å². The predicted molar refractivity (Wildman–Crippen MR) is 122 cm³/mol. The van der Waals surface area contributed by atoms with Gasteiger partial charge in [0.25, 0.3) is 5.91 Å². The van der Waals surface area contributed by atoms with E-state index in [0.29, 0.717) is 22.0 Å². The van der Waals surface area contributed by atoms with Gasteiger partial charge in [0.2, 0.25) is 5.91 Å². The van der Waals surface area contributed by atoms with Gasteiger partial charge < -0.3 is 16.0 Å². The third-order valence-electron chi connectivity index (χ3n) is 5.20. The quantitative estimate of drug-likeness (QED) is 0.527. The molecule has 8 heteroatoms. The second-order valence-electron chi connectivity index (χ2n) is 7.70. The van der Waals surface area contributed by atoms with Crippen LogP contribution in [0, 0.1) is 0 Å². The summed E-state index contributed by atoms with van der Waals surface area (Å²) in [4.78, 5) is 36.6. The Hall–Kier alpha value is -3.06. The maximum atomic E-state index is 12.3. The van der Waals surface area contributed by atoms with Crippen molar-refractivity contribution in [3.05, 3.63) is 59.1 Å². The average molecular weight is 443 g/mol. The van der Waals surface area contributed by atoms with Gasteiger partial charge in [0.05, 0.1) is 0 Å². The van der Waals surface area contributed by atoms with Crippen molar-refractivity contribution in [3.63, 3.8) is 0 Å². The monoisotopic (exact) mass is 442 g/mol. The molecular formula is C23H27ClN4O3. The summed E-state index contributed by atoms with van der Waals surface area (Å²) in [7, 11) is 0. The molecule has 0 aliphatic heterocycles.